The zero-order valence-corrected chi connectivity index (χ0v) is 14.7. The van der Waals surface area contributed by atoms with Gasteiger partial charge in [0.2, 0.25) is 5.91 Å². The summed E-state index contributed by atoms with van der Waals surface area (Å²) in [5.41, 5.74) is 5.80. The van der Waals surface area contributed by atoms with Crippen molar-refractivity contribution in [3.05, 3.63) is 23.9 Å². The second-order valence-electron chi connectivity index (χ2n) is 4.96. The van der Waals surface area contributed by atoms with E-state index in [0.717, 1.165) is 0 Å². The molecule has 23 heavy (non-hydrogen) atoms. The lowest BCUT2D eigenvalue weighted by molar-refractivity contribution is -0.131. The van der Waals surface area contributed by atoms with Crippen molar-refractivity contribution in [3.63, 3.8) is 0 Å². The summed E-state index contributed by atoms with van der Waals surface area (Å²) in [6.45, 7) is 3.27. The number of amides is 2. The highest BCUT2D eigenvalue weighted by Gasteiger charge is 2.23. The molecule has 1 aromatic heterocycles. The molecule has 1 aliphatic heterocycles. The average molecular weight is 364 g/mol. The summed E-state index contributed by atoms with van der Waals surface area (Å²) < 4.78 is 0. The second kappa shape index (κ2) is 10.3. The summed E-state index contributed by atoms with van der Waals surface area (Å²) in [5.74, 6) is 0.276. The van der Waals surface area contributed by atoms with E-state index in [0.29, 0.717) is 50.5 Å². The minimum Gasteiger partial charge on any atom is -0.365 e. The topological polar surface area (TPSA) is 91.6 Å². The van der Waals surface area contributed by atoms with Crippen molar-refractivity contribution in [1.29, 1.82) is 0 Å². The minimum atomic E-state index is -0.481. The highest BCUT2D eigenvalue weighted by Crippen LogP contribution is 2.18. The Labute approximate surface area is 148 Å². The molecule has 0 aliphatic carbocycles. The number of halogens is 2. The number of hydrogen-bond acceptors (Lipinski definition) is 5. The monoisotopic (exact) mass is 363 g/mol. The molecule has 1 aliphatic rings. The van der Waals surface area contributed by atoms with Crippen LogP contribution in [-0.4, -0.2) is 61.5 Å². The maximum absolute atomic E-state index is 12.0. The molecule has 130 valence electrons. The standard InChI is InChI=1S/C14H21N5O2.2ClH/c1-16-6-4-12(20)18-7-9-19(10-8-18)14-11(13(15)21)3-2-5-17-14;;/h2-3,5,16H,4,6-10H2,1H3,(H2,15,21);2*1H. The van der Waals surface area contributed by atoms with Gasteiger partial charge in [-0.2, -0.15) is 0 Å². The molecule has 1 aromatic rings. The van der Waals surface area contributed by atoms with E-state index in [9.17, 15) is 9.59 Å². The number of aromatic nitrogens is 1. The van der Waals surface area contributed by atoms with E-state index in [2.05, 4.69) is 10.3 Å². The maximum Gasteiger partial charge on any atom is 0.252 e. The number of pyridine rings is 1. The fourth-order valence-corrected chi connectivity index (χ4v) is 2.40. The van der Waals surface area contributed by atoms with Crippen LogP contribution in [0.15, 0.2) is 18.3 Å². The van der Waals surface area contributed by atoms with Crippen LogP contribution in [0, 0.1) is 0 Å². The quantitative estimate of drug-likeness (QED) is 0.783. The van der Waals surface area contributed by atoms with Gasteiger partial charge in [-0.05, 0) is 19.2 Å². The number of rotatable bonds is 5. The second-order valence-corrected chi connectivity index (χ2v) is 4.96. The Hall–Kier alpha value is -1.57. The van der Waals surface area contributed by atoms with Gasteiger partial charge in [0.25, 0.3) is 5.91 Å². The number of anilines is 1. The van der Waals surface area contributed by atoms with Gasteiger partial charge in [-0.25, -0.2) is 4.98 Å². The lowest BCUT2D eigenvalue weighted by atomic mass is 10.2. The molecule has 0 spiro atoms. The van der Waals surface area contributed by atoms with Crippen molar-refractivity contribution in [3.8, 4) is 0 Å². The number of carbonyl (C=O) groups is 2. The molecule has 0 atom stereocenters. The first-order valence-electron chi connectivity index (χ1n) is 7.05. The first-order chi connectivity index (χ1) is 10.1. The van der Waals surface area contributed by atoms with Crippen LogP contribution in [0.25, 0.3) is 0 Å². The number of nitrogens with zero attached hydrogens (tertiary/aromatic N) is 3. The highest BCUT2D eigenvalue weighted by atomic mass is 35.5. The molecular weight excluding hydrogens is 341 g/mol. The van der Waals surface area contributed by atoms with Gasteiger partial charge in [-0.1, -0.05) is 0 Å². The van der Waals surface area contributed by atoms with Gasteiger partial charge in [0, 0.05) is 45.3 Å². The number of carbonyl (C=O) groups excluding carboxylic acids is 2. The summed E-state index contributed by atoms with van der Waals surface area (Å²) in [6.07, 6.45) is 2.15. The Bertz CT molecular complexity index is 522. The van der Waals surface area contributed by atoms with Crippen molar-refractivity contribution in [2.75, 3.05) is 44.7 Å². The van der Waals surface area contributed by atoms with Crippen LogP contribution in [0.4, 0.5) is 5.82 Å². The predicted octanol–water partition coefficient (Wildman–Crippen LogP) is 0.282. The summed E-state index contributed by atoms with van der Waals surface area (Å²) >= 11 is 0. The van der Waals surface area contributed by atoms with E-state index in [1.54, 1.807) is 18.3 Å². The van der Waals surface area contributed by atoms with Gasteiger partial charge in [0.15, 0.2) is 0 Å². The van der Waals surface area contributed by atoms with Crippen LogP contribution in [-0.2, 0) is 4.79 Å². The highest BCUT2D eigenvalue weighted by molar-refractivity contribution is 5.97. The molecular formula is C14H23Cl2N5O2. The number of hydrogen-bond donors (Lipinski definition) is 2. The molecule has 1 saturated heterocycles. The molecule has 7 nitrogen and oxygen atoms in total. The largest absolute Gasteiger partial charge is 0.365 e. The predicted molar refractivity (Wildman–Crippen MR) is 94.6 cm³/mol. The first kappa shape index (κ1) is 21.4. The number of primary amides is 1. The molecule has 1 fully saturated rings. The van der Waals surface area contributed by atoms with Crippen LogP contribution in [0.1, 0.15) is 16.8 Å². The lowest BCUT2D eigenvalue weighted by Crippen LogP contribution is -2.49. The summed E-state index contributed by atoms with van der Waals surface area (Å²) in [4.78, 5) is 31.5. The van der Waals surface area contributed by atoms with Crippen LogP contribution in [0.5, 0.6) is 0 Å². The third-order valence-electron chi connectivity index (χ3n) is 3.57. The Morgan fingerprint density at radius 3 is 2.48 bits per heavy atom. The first-order valence-corrected chi connectivity index (χ1v) is 7.05. The van der Waals surface area contributed by atoms with Gasteiger partial charge >= 0.3 is 0 Å². The van der Waals surface area contributed by atoms with Gasteiger partial charge in [0.05, 0.1) is 5.56 Å². The third-order valence-corrected chi connectivity index (χ3v) is 3.57. The lowest BCUT2D eigenvalue weighted by Gasteiger charge is -2.36. The summed E-state index contributed by atoms with van der Waals surface area (Å²) in [5, 5.41) is 2.97. The van der Waals surface area contributed by atoms with E-state index in [1.807, 2.05) is 16.8 Å². The van der Waals surface area contributed by atoms with E-state index in [4.69, 9.17) is 5.73 Å². The van der Waals surface area contributed by atoms with Crippen molar-refractivity contribution in [2.24, 2.45) is 5.73 Å². The van der Waals surface area contributed by atoms with Crippen LogP contribution >= 0.6 is 24.8 Å². The van der Waals surface area contributed by atoms with Gasteiger partial charge in [-0.15, -0.1) is 24.8 Å². The van der Waals surface area contributed by atoms with Crippen molar-refractivity contribution < 1.29 is 9.59 Å². The fraction of sp³-hybridized carbons (Fsp3) is 0.500. The number of piperazine rings is 1. The minimum absolute atomic E-state index is 0. The molecule has 0 aromatic carbocycles. The zero-order chi connectivity index (χ0) is 15.2. The fourth-order valence-electron chi connectivity index (χ4n) is 2.40. The summed E-state index contributed by atoms with van der Waals surface area (Å²) in [6, 6.07) is 3.37. The van der Waals surface area contributed by atoms with Crippen LogP contribution in [0.2, 0.25) is 0 Å². The Balaban J connectivity index is 0.00000242. The van der Waals surface area contributed by atoms with E-state index < -0.39 is 5.91 Å². The van der Waals surface area contributed by atoms with Gasteiger partial charge < -0.3 is 20.9 Å². The zero-order valence-electron chi connectivity index (χ0n) is 13.0. The normalized spacial score (nSPS) is 13.8. The SMILES string of the molecule is CNCCC(=O)N1CCN(c2ncccc2C(N)=O)CC1.Cl.Cl. The smallest absolute Gasteiger partial charge is 0.252 e. The molecule has 0 unspecified atom stereocenters. The molecule has 3 N–H and O–H groups in total. The molecule has 0 saturated carbocycles. The van der Waals surface area contributed by atoms with E-state index in [-0.39, 0.29) is 30.7 Å². The van der Waals surface area contributed by atoms with Crippen molar-refractivity contribution >= 4 is 42.4 Å². The van der Waals surface area contributed by atoms with Crippen LogP contribution in [0.3, 0.4) is 0 Å². The molecule has 2 rings (SSSR count). The Morgan fingerprint density at radius 1 is 1.26 bits per heavy atom. The molecule has 2 heterocycles. The molecule has 9 heteroatoms. The molecule has 0 radical (unpaired) electrons. The third kappa shape index (κ3) is 5.53. The maximum atomic E-state index is 12.0. The summed E-state index contributed by atoms with van der Waals surface area (Å²) in [7, 11) is 1.83. The van der Waals surface area contributed by atoms with E-state index in [1.165, 1.54) is 0 Å². The number of nitrogens with one attached hydrogen (secondary N) is 1. The molecule has 0 bridgehead atoms. The van der Waals surface area contributed by atoms with Crippen molar-refractivity contribution in [1.82, 2.24) is 15.2 Å². The average Bonchev–Trinajstić information content (AvgIpc) is 2.52. The Kier molecular flexibility index (Phi) is 9.55. The van der Waals surface area contributed by atoms with Gasteiger partial charge in [0.1, 0.15) is 5.82 Å². The van der Waals surface area contributed by atoms with Gasteiger partial charge in [-0.3, -0.25) is 9.59 Å². The van der Waals surface area contributed by atoms with E-state index >= 15 is 0 Å². The van der Waals surface area contributed by atoms with Crippen LogP contribution < -0.4 is 16.0 Å². The number of nitrogens with two attached hydrogens (primary N) is 1. The molecule has 2 amide bonds. The van der Waals surface area contributed by atoms with Crippen molar-refractivity contribution in [2.45, 2.75) is 6.42 Å². The Morgan fingerprint density at radius 2 is 1.91 bits per heavy atom.